The molecule has 1 N–H and O–H groups in total. The second kappa shape index (κ2) is 9.05. The molecule has 1 aliphatic rings. The lowest BCUT2D eigenvalue weighted by atomic mass is 9.89. The van der Waals surface area contributed by atoms with Crippen LogP contribution in [0, 0.1) is 5.92 Å². The van der Waals surface area contributed by atoms with Gasteiger partial charge in [0.1, 0.15) is 5.82 Å². The minimum Gasteiger partial charge on any atom is -0.354 e. The van der Waals surface area contributed by atoms with E-state index < -0.39 is 0 Å². The molecule has 1 aromatic heterocycles. The van der Waals surface area contributed by atoms with Crippen molar-refractivity contribution in [3.8, 4) is 0 Å². The third kappa shape index (κ3) is 4.44. The third-order valence-electron chi connectivity index (χ3n) is 5.82. The summed E-state index contributed by atoms with van der Waals surface area (Å²) in [6.45, 7) is 1.43. The Morgan fingerprint density at radius 3 is 2.54 bits per heavy atom. The molecule has 28 heavy (non-hydrogen) atoms. The predicted octanol–water partition coefficient (Wildman–Crippen LogP) is 4.52. The smallest absolute Gasteiger partial charge is 0.223 e. The summed E-state index contributed by atoms with van der Waals surface area (Å²) >= 11 is 0. The van der Waals surface area contributed by atoms with Crippen molar-refractivity contribution in [3.63, 3.8) is 0 Å². The molecule has 1 saturated carbocycles. The first kappa shape index (κ1) is 18.7. The van der Waals surface area contributed by atoms with E-state index in [1.54, 1.807) is 0 Å². The van der Waals surface area contributed by atoms with Crippen LogP contribution < -0.4 is 5.32 Å². The van der Waals surface area contributed by atoms with Gasteiger partial charge in [-0.3, -0.25) is 4.79 Å². The van der Waals surface area contributed by atoms with Crippen LogP contribution in [0.4, 0.5) is 0 Å². The van der Waals surface area contributed by atoms with Gasteiger partial charge in [0, 0.05) is 25.4 Å². The summed E-state index contributed by atoms with van der Waals surface area (Å²) in [4.78, 5) is 17.3. The first-order chi connectivity index (χ1) is 13.8. The lowest BCUT2D eigenvalue weighted by Crippen LogP contribution is -2.34. The SMILES string of the molecule is O=C(NCCn1c(CCc2ccccc2)nc2ccccc21)C1CCCCC1. The van der Waals surface area contributed by atoms with Crippen LogP contribution >= 0.6 is 0 Å². The number of carbonyl (C=O) groups is 1. The number of hydrogen-bond donors (Lipinski definition) is 1. The molecule has 0 spiro atoms. The van der Waals surface area contributed by atoms with E-state index in [0.29, 0.717) is 6.54 Å². The summed E-state index contributed by atoms with van der Waals surface area (Å²) < 4.78 is 2.28. The molecule has 3 aromatic rings. The van der Waals surface area contributed by atoms with Crippen LogP contribution in [0.25, 0.3) is 11.0 Å². The molecule has 4 rings (SSSR count). The molecule has 0 atom stereocenters. The molecule has 0 saturated heterocycles. The maximum absolute atomic E-state index is 12.4. The van der Waals surface area contributed by atoms with Crippen LogP contribution in [0.5, 0.6) is 0 Å². The second-order valence-corrected chi connectivity index (χ2v) is 7.78. The van der Waals surface area contributed by atoms with Crippen molar-refractivity contribution in [1.82, 2.24) is 14.9 Å². The first-order valence-corrected chi connectivity index (χ1v) is 10.6. The van der Waals surface area contributed by atoms with Crippen molar-refractivity contribution in [1.29, 1.82) is 0 Å². The number of imidazole rings is 1. The Morgan fingerprint density at radius 1 is 0.964 bits per heavy atom. The fourth-order valence-corrected chi connectivity index (χ4v) is 4.27. The monoisotopic (exact) mass is 375 g/mol. The average molecular weight is 376 g/mol. The summed E-state index contributed by atoms with van der Waals surface area (Å²) in [5, 5.41) is 3.17. The lowest BCUT2D eigenvalue weighted by molar-refractivity contribution is -0.125. The number of carbonyl (C=O) groups excluding carboxylic acids is 1. The number of nitrogens with one attached hydrogen (secondary N) is 1. The number of para-hydroxylation sites is 2. The molecule has 0 unspecified atom stereocenters. The van der Waals surface area contributed by atoms with Gasteiger partial charge in [-0.25, -0.2) is 4.98 Å². The summed E-state index contributed by atoms with van der Waals surface area (Å²) in [5.74, 6) is 1.54. The zero-order valence-electron chi connectivity index (χ0n) is 16.4. The van der Waals surface area contributed by atoms with Crippen molar-refractivity contribution >= 4 is 16.9 Å². The average Bonchev–Trinajstić information content (AvgIpc) is 3.11. The van der Waals surface area contributed by atoms with Gasteiger partial charge < -0.3 is 9.88 Å². The number of aromatic nitrogens is 2. The van der Waals surface area contributed by atoms with E-state index in [1.165, 1.54) is 24.8 Å². The first-order valence-electron chi connectivity index (χ1n) is 10.6. The molecular formula is C24H29N3O. The van der Waals surface area contributed by atoms with E-state index in [1.807, 2.05) is 12.1 Å². The fourth-order valence-electron chi connectivity index (χ4n) is 4.27. The van der Waals surface area contributed by atoms with Gasteiger partial charge in [-0.2, -0.15) is 0 Å². The van der Waals surface area contributed by atoms with Crippen LogP contribution in [-0.4, -0.2) is 22.0 Å². The predicted molar refractivity (Wildman–Crippen MR) is 113 cm³/mol. The number of benzene rings is 2. The highest BCUT2D eigenvalue weighted by Crippen LogP contribution is 2.23. The Labute approximate surface area is 167 Å². The standard InChI is InChI=1S/C24H29N3O/c28-24(20-11-5-2-6-12-20)25-17-18-27-22-14-8-7-13-21(22)26-23(27)16-15-19-9-3-1-4-10-19/h1,3-4,7-10,13-14,20H,2,5-6,11-12,15-18H2,(H,25,28). The van der Waals surface area contributed by atoms with Gasteiger partial charge in [-0.1, -0.05) is 61.7 Å². The molecule has 4 nitrogen and oxygen atoms in total. The van der Waals surface area contributed by atoms with Gasteiger partial charge in [0.25, 0.3) is 0 Å². The van der Waals surface area contributed by atoms with Gasteiger partial charge >= 0.3 is 0 Å². The summed E-state index contributed by atoms with van der Waals surface area (Å²) in [6.07, 6.45) is 7.61. The molecule has 0 bridgehead atoms. The van der Waals surface area contributed by atoms with Gasteiger partial charge in [-0.05, 0) is 37.0 Å². The van der Waals surface area contributed by atoms with Gasteiger partial charge in [0.2, 0.25) is 5.91 Å². The van der Waals surface area contributed by atoms with E-state index >= 15 is 0 Å². The lowest BCUT2D eigenvalue weighted by Gasteiger charge is -2.21. The van der Waals surface area contributed by atoms with E-state index in [0.717, 1.165) is 49.1 Å². The maximum Gasteiger partial charge on any atom is 0.223 e. The number of nitrogens with zero attached hydrogens (tertiary/aromatic N) is 2. The van der Waals surface area contributed by atoms with E-state index in [2.05, 4.69) is 52.3 Å². The number of amides is 1. The van der Waals surface area contributed by atoms with E-state index in [9.17, 15) is 4.79 Å². The molecule has 1 aliphatic carbocycles. The van der Waals surface area contributed by atoms with Crippen molar-refractivity contribution < 1.29 is 4.79 Å². The molecule has 4 heteroatoms. The molecule has 0 radical (unpaired) electrons. The van der Waals surface area contributed by atoms with E-state index in [-0.39, 0.29) is 11.8 Å². The maximum atomic E-state index is 12.4. The number of fused-ring (bicyclic) bond motifs is 1. The van der Waals surface area contributed by atoms with Crippen LogP contribution in [0.15, 0.2) is 54.6 Å². The molecule has 0 aliphatic heterocycles. The highest BCUT2D eigenvalue weighted by Gasteiger charge is 2.20. The summed E-state index contributed by atoms with van der Waals surface area (Å²) in [5.41, 5.74) is 3.51. The minimum absolute atomic E-state index is 0.214. The third-order valence-corrected chi connectivity index (χ3v) is 5.82. The Morgan fingerprint density at radius 2 is 1.71 bits per heavy atom. The Kier molecular flexibility index (Phi) is 6.05. The minimum atomic E-state index is 0.214. The highest BCUT2D eigenvalue weighted by atomic mass is 16.1. The van der Waals surface area contributed by atoms with Crippen LogP contribution in [0.3, 0.4) is 0 Å². The summed E-state index contributed by atoms with van der Waals surface area (Å²) in [6, 6.07) is 18.8. The Bertz CT molecular complexity index is 910. The Hall–Kier alpha value is -2.62. The largest absolute Gasteiger partial charge is 0.354 e. The normalized spacial score (nSPS) is 15.0. The fraction of sp³-hybridized carbons (Fsp3) is 0.417. The van der Waals surface area contributed by atoms with E-state index in [4.69, 9.17) is 4.98 Å². The topological polar surface area (TPSA) is 46.9 Å². The Balaban J connectivity index is 1.43. The van der Waals surface area contributed by atoms with Crippen molar-refractivity contribution in [3.05, 3.63) is 66.0 Å². The van der Waals surface area contributed by atoms with Crippen LogP contribution in [0.2, 0.25) is 0 Å². The van der Waals surface area contributed by atoms with Crippen LogP contribution in [-0.2, 0) is 24.2 Å². The van der Waals surface area contributed by atoms with Gasteiger partial charge in [-0.15, -0.1) is 0 Å². The van der Waals surface area contributed by atoms with Gasteiger partial charge in [0.05, 0.1) is 11.0 Å². The zero-order chi connectivity index (χ0) is 19.2. The number of rotatable bonds is 7. The van der Waals surface area contributed by atoms with Crippen molar-refractivity contribution in [2.75, 3.05) is 6.54 Å². The van der Waals surface area contributed by atoms with Gasteiger partial charge in [0.15, 0.2) is 0 Å². The molecule has 1 amide bonds. The second-order valence-electron chi connectivity index (χ2n) is 7.78. The molecule has 1 fully saturated rings. The molecule has 1 heterocycles. The number of aryl methyl sites for hydroxylation is 2. The highest BCUT2D eigenvalue weighted by molar-refractivity contribution is 5.79. The van der Waals surface area contributed by atoms with Crippen molar-refractivity contribution in [2.45, 2.75) is 51.5 Å². The van der Waals surface area contributed by atoms with Crippen LogP contribution in [0.1, 0.15) is 43.5 Å². The summed E-state index contributed by atoms with van der Waals surface area (Å²) in [7, 11) is 0. The molecular weight excluding hydrogens is 346 g/mol. The quantitative estimate of drug-likeness (QED) is 0.660. The zero-order valence-corrected chi connectivity index (χ0v) is 16.4. The number of hydrogen-bond acceptors (Lipinski definition) is 2. The molecule has 146 valence electrons. The van der Waals surface area contributed by atoms with Crippen molar-refractivity contribution in [2.24, 2.45) is 5.92 Å². The molecule has 2 aromatic carbocycles.